The molecule has 4 aromatic rings. The van der Waals surface area contributed by atoms with Gasteiger partial charge >= 0.3 is 0 Å². The van der Waals surface area contributed by atoms with Crippen LogP contribution >= 0.6 is 0 Å². The summed E-state index contributed by atoms with van der Waals surface area (Å²) >= 11 is 0. The van der Waals surface area contributed by atoms with Gasteiger partial charge in [0.05, 0.1) is 40.3 Å². The highest BCUT2D eigenvalue weighted by Crippen LogP contribution is 2.39. The molecule has 1 aliphatic rings. The van der Waals surface area contributed by atoms with Crippen LogP contribution in [0.5, 0.6) is 0 Å². The summed E-state index contributed by atoms with van der Waals surface area (Å²) in [4.78, 5) is 8.99. The molecule has 0 bridgehead atoms. The zero-order valence-electron chi connectivity index (χ0n) is 17.6. The predicted octanol–water partition coefficient (Wildman–Crippen LogP) is 3.72. The molecule has 2 atom stereocenters. The normalized spacial score (nSPS) is 16.9. The molecule has 32 heavy (non-hydrogen) atoms. The van der Waals surface area contributed by atoms with Gasteiger partial charge in [0.15, 0.2) is 0 Å². The van der Waals surface area contributed by atoms with Crippen LogP contribution in [0.25, 0.3) is 22.3 Å². The van der Waals surface area contributed by atoms with Crippen LogP contribution in [0.4, 0.5) is 0 Å². The quantitative estimate of drug-likeness (QED) is 0.481. The average molecular weight is 449 g/mol. The SMILES string of the molecule is CC[C@@H](O)c1cnc(-c2cc3c4c(ccc3n2S(=O)(=O)c2ccccc2)[C@H](N)CC4)cn1. The Morgan fingerprint density at radius 3 is 2.62 bits per heavy atom. The lowest BCUT2D eigenvalue weighted by Crippen LogP contribution is -2.14. The molecule has 0 fully saturated rings. The Hall–Kier alpha value is -3.07. The Kier molecular flexibility index (Phi) is 5.08. The standard InChI is InChI=1S/C24H24N4O3S/c1-2-24(29)21-14-26-20(13-27-21)23-12-18-16-8-10-19(25)17(16)9-11-22(18)28(23)32(30,31)15-6-4-3-5-7-15/h3-7,9,11-14,19,24,29H,2,8,10,25H2,1H3/t19-,24-/m1/s1. The van der Waals surface area contributed by atoms with E-state index in [2.05, 4.69) is 9.97 Å². The molecule has 0 aliphatic heterocycles. The second-order valence-electron chi connectivity index (χ2n) is 8.07. The minimum absolute atomic E-state index is 0.0402. The van der Waals surface area contributed by atoms with Gasteiger partial charge in [0.1, 0.15) is 5.69 Å². The summed E-state index contributed by atoms with van der Waals surface area (Å²) in [5.74, 6) is 0. The van der Waals surface area contributed by atoms with Crippen molar-refractivity contribution in [1.82, 2.24) is 13.9 Å². The van der Waals surface area contributed by atoms with E-state index < -0.39 is 16.1 Å². The largest absolute Gasteiger partial charge is 0.387 e. The maximum Gasteiger partial charge on any atom is 0.268 e. The maximum absolute atomic E-state index is 13.7. The summed E-state index contributed by atoms with van der Waals surface area (Å²) in [5, 5.41) is 10.9. The Bertz CT molecular complexity index is 1400. The van der Waals surface area contributed by atoms with E-state index >= 15 is 0 Å². The van der Waals surface area contributed by atoms with E-state index in [4.69, 9.17) is 5.73 Å². The van der Waals surface area contributed by atoms with E-state index in [1.165, 1.54) is 16.4 Å². The van der Waals surface area contributed by atoms with Crippen LogP contribution < -0.4 is 5.73 Å². The first-order valence-corrected chi connectivity index (χ1v) is 12.1. The Morgan fingerprint density at radius 1 is 1.16 bits per heavy atom. The van der Waals surface area contributed by atoms with Crippen molar-refractivity contribution in [2.45, 2.75) is 43.2 Å². The summed E-state index contributed by atoms with van der Waals surface area (Å²) in [6.45, 7) is 1.86. The molecule has 1 aliphatic carbocycles. The molecular weight excluding hydrogens is 424 g/mol. The van der Waals surface area contributed by atoms with Crippen molar-refractivity contribution < 1.29 is 13.5 Å². The van der Waals surface area contributed by atoms with Gasteiger partial charge in [-0.05, 0) is 54.7 Å². The Balaban J connectivity index is 1.78. The van der Waals surface area contributed by atoms with Gasteiger partial charge < -0.3 is 10.8 Å². The van der Waals surface area contributed by atoms with Gasteiger partial charge in [0.2, 0.25) is 0 Å². The van der Waals surface area contributed by atoms with Crippen LogP contribution in [-0.2, 0) is 16.4 Å². The fourth-order valence-electron chi connectivity index (χ4n) is 4.40. The van der Waals surface area contributed by atoms with Crippen molar-refractivity contribution >= 4 is 20.9 Å². The van der Waals surface area contributed by atoms with Crippen LogP contribution in [-0.4, -0.2) is 27.5 Å². The number of aryl methyl sites for hydroxylation is 1. The third-order valence-corrected chi connectivity index (χ3v) is 7.88. The highest BCUT2D eigenvalue weighted by atomic mass is 32.2. The Morgan fingerprint density at radius 2 is 1.94 bits per heavy atom. The van der Waals surface area contributed by atoms with Crippen LogP contribution in [0.1, 0.15) is 48.7 Å². The number of aliphatic hydroxyl groups excluding tert-OH is 1. The molecule has 0 radical (unpaired) electrons. The van der Waals surface area contributed by atoms with Crippen molar-refractivity contribution in [1.29, 1.82) is 0 Å². The molecule has 3 N–H and O–H groups in total. The van der Waals surface area contributed by atoms with Gasteiger partial charge in [-0.2, -0.15) is 0 Å². The number of rotatable bonds is 5. The number of fused-ring (bicyclic) bond motifs is 3. The summed E-state index contributed by atoms with van der Waals surface area (Å²) in [5.41, 5.74) is 10.3. The van der Waals surface area contributed by atoms with Crippen LogP contribution in [0.3, 0.4) is 0 Å². The van der Waals surface area contributed by atoms with E-state index in [1.54, 1.807) is 30.3 Å². The van der Waals surface area contributed by atoms with E-state index in [0.717, 1.165) is 29.4 Å². The number of nitrogens with zero attached hydrogens (tertiary/aromatic N) is 3. The van der Waals surface area contributed by atoms with Crippen LogP contribution in [0.2, 0.25) is 0 Å². The molecule has 7 nitrogen and oxygen atoms in total. The molecule has 164 valence electrons. The van der Waals surface area contributed by atoms with Gasteiger partial charge in [-0.3, -0.25) is 9.97 Å². The van der Waals surface area contributed by atoms with E-state index in [0.29, 0.717) is 29.0 Å². The summed E-state index contributed by atoms with van der Waals surface area (Å²) in [6.07, 6.45) is 4.47. The van der Waals surface area contributed by atoms with Crippen molar-refractivity contribution in [2.24, 2.45) is 5.73 Å². The average Bonchev–Trinajstić information content (AvgIpc) is 3.40. The number of aromatic nitrogens is 3. The second-order valence-corrected chi connectivity index (χ2v) is 9.86. The summed E-state index contributed by atoms with van der Waals surface area (Å²) in [6, 6.07) is 13.9. The van der Waals surface area contributed by atoms with E-state index in [9.17, 15) is 13.5 Å². The number of hydrogen-bond acceptors (Lipinski definition) is 6. The molecule has 0 unspecified atom stereocenters. The molecule has 5 rings (SSSR count). The first-order chi connectivity index (χ1) is 15.4. The number of aliphatic hydroxyl groups is 1. The molecule has 2 heterocycles. The maximum atomic E-state index is 13.7. The second kappa shape index (κ2) is 7.81. The topological polar surface area (TPSA) is 111 Å². The van der Waals surface area contributed by atoms with E-state index in [1.807, 2.05) is 25.1 Å². The highest BCUT2D eigenvalue weighted by Gasteiger charge is 2.29. The van der Waals surface area contributed by atoms with Crippen molar-refractivity contribution in [3.8, 4) is 11.4 Å². The van der Waals surface area contributed by atoms with Gasteiger partial charge in [-0.25, -0.2) is 12.4 Å². The summed E-state index contributed by atoms with van der Waals surface area (Å²) in [7, 11) is -3.89. The monoisotopic (exact) mass is 448 g/mol. The van der Waals surface area contributed by atoms with Crippen molar-refractivity contribution in [3.63, 3.8) is 0 Å². The Labute approximate surface area is 186 Å². The zero-order valence-corrected chi connectivity index (χ0v) is 18.5. The van der Waals surface area contributed by atoms with Crippen molar-refractivity contribution in [3.05, 3.63) is 77.7 Å². The number of nitrogens with two attached hydrogens (primary N) is 1. The summed E-state index contributed by atoms with van der Waals surface area (Å²) < 4.78 is 28.8. The van der Waals surface area contributed by atoms with Crippen LogP contribution in [0, 0.1) is 0 Å². The highest BCUT2D eigenvalue weighted by molar-refractivity contribution is 7.90. The first kappa shape index (κ1) is 20.8. The smallest absolute Gasteiger partial charge is 0.268 e. The molecular formula is C24H24N4O3S. The van der Waals surface area contributed by atoms with Gasteiger partial charge in [-0.15, -0.1) is 0 Å². The lowest BCUT2D eigenvalue weighted by Gasteiger charge is -2.13. The predicted molar refractivity (Wildman–Crippen MR) is 122 cm³/mol. The lowest BCUT2D eigenvalue weighted by molar-refractivity contribution is 0.168. The molecule has 0 spiro atoms. The number of hydrogen-bond donors (Lipinski definition) is 2. The van der Waals surface area contributed by atoms with Gasteiger partial charge in [-0.1, -0.05) is 31.2 Å². The third-order valence-electron chi connectivity index (χ3n) is 6.14. The minimum Gasteiger partial charge on any atom is -0.387 e. The fourth-order valence-corrected chi connectivity index (χ4v) is 5.94. The van der Waals surface area contributed by atoms with Crippen LogP contribution in [0.15, 0.2) is 65.8 Å². The number of benzene rings is 2. The lowest BCUT2D eigenvalue weighted by atomic mass is 10.0. The first-order valence-electron chi connectivity index (χ1n) is 10.7. The molecule has 0 saturated carbocycles. The minimum atomic E-state index is -3.89. The molecule has 0 amide bonds. The molecule has 2 aromatic carbocycles. The fraction of sp³-hybridized carbons (Fsp3) is 0.250. The molecule has 0 saturated heterocycles. The van der Waals surface area contributed by atoms with Gasteiger partial charge in [0.25, 0.3) is 10.0 Å². The van der Waals surface area contributed by atoms with Gasteiger partial charge in [0, 0.05) is 11.4 Å². The zero-order chi connectivity index (χ0) is 22.5. The van der Waals surface area contributed by atoms with Crippen molar-refractivity contribution in [2.75, 3.05) is 0 Å². The third kappa shape index (κ3) is 3.23. The van der Waals surface area contributed by atoms with E-state index in [-0.39, 0.29) is 10.9 Å². The molecule has 8 heteroatoms. The molecule has 2 aromatic heterocycles.